The molecule has 1 saturated heterocycles. The smallest absolute Gasteiger partial charge is 0.315 e. The molecule has 0 saturated carbocycles. The molecule has 1 atom stereocenters. The average molecular weight is 196 g/mol. The number of carbonyl (C=O) groups excluding carboxylic acids is 1. The number of carbonyl (C=O) groups is 1. The molecule has 14 heavy (non-hydrogen) atoms. The van der Waals surface area contributed by atoms with E-state index in [0.717, 1.165) is 0 Å². The lowest BCUT2D eigenvalue weighted by Crippen LogP contribution is -2.21. The number of phenols is 1. The summed E-state index contributed by atoms with van der Waals surface area (Å²) in [5.74, 6) is -1.06. The maximum absolute atomic E-state index is 12.9. The van der Waals surface area contributed by atoms with E-state index in [1.165, 1.54) is 12.1 Å². The molecule has 0 radical (unpaired) electrons. The van der Waals surface area contributed by atoms with Crippen LogP contribution in [0.2, 0.25) is 0 Å². The third-order valence-electron chi connectivity index (χ3n) is 2.15. The Morgan fingerprint density at radius 1 is 1.50 bits per heavy atom. The number of hydrogen-bond acceptors (Lipinski definition) is 2. The number of halogens is 1. The Labute approximate surface area is 79.7 Å². The summed E-state index contributed by atoms with van der Waals surface area (Å²) in [6, 6.07) is 3.58. The van der Waals surface area contributed by atoms with Crippen LogP contribution in [-0.2, 0) is 0 Å². The molecule has 1 heterocycles. The quantitative estimate of drug-likeness (QED) is 0.624. The zero-order valence-corrected chi connectivity index (χ0v) is 7.25. The standard InChI is InChI=1S/C9H9FN2O2/c10-6-3-5(1-2-8(6)13)7-4-11-9(14)12-7/h1-3,7,13H,4H2,(H2,11,12,14)/t7-/m0/s1. The third kappa shape index (κ3) is 1.48. The molecule has 5 heteroatoms. The number of rotatable bonds is 1. The van der Waals surface area contributed by atoms with Crippen LogP contribution in [0.1, 0.15) is 11.6 Å². The van der Waals surface area contributed by atoms with Gasteiger partial charge in [-0.15, -0.1) is 0 Å². The first-order valence-corrected chi connectivity index (χ1v) is 4.19. The van der Waals surface area contributed by atoms with Crippen LogP contribution in [-0.4, -0.2) is 17.7 Å². The third-order valence-corrected chi connectivity index (χ3v) is 2.15. The molecule has 2 rings (SSSR count). The van der Waals surface area contributed by atoms with E-state index in [-0.39, 0.29) is 17.8 Å². The van der Waals surface area contributed by atoms with Gasteiger partial charge in [0.15, 0.2) is 11.6 Å². The summed E-state index contributed by atoms with van der Waals surface area (Å²) in [6.07, 6.45) is 0. The van der Waals surface area contributed by atoms with Crippen molar-refractivity contribution in [3.05, 3.63) is 29.6 Å². The number of nitrogens with one attached hydrogen (secondary N) is 2. The summed E-state index contributed by atoms with van der Waals surface area (Å²) in [6.45, 7) is 0.434. The van der Waals surface area contributed by atoms with E-state index in [4.69, 9.17) is 5.11 Å². The molecule has 1 aromatic carbocycles. The average Bonchev–Trinajstić information content (AvgIpc) is 2.57. The van der Waals surface area contributed by atoms with Gasteiger partial charge in [-0.05, 0) is 17.7 Å². The summed E-state index contributed by atoms with van der Waals surface area (Å²) in [7, 11) is 0. The van der Waals surface area contributed by atoms with Crippen LogP contribution in [0.25, 0.3) is 0 Å². The normalized spacial score (nSPS) is 20.4. The number of benzene rings is 1. The predicted octanol–water partition coefficient (Wildman–Crippen LogP) is 0.885. The molecule has 2 amide bonds. The summed E-state index contributed by atoms with van der Waals surface area (Å²) < 4.78 is 12.9. The molecule has 0 spiro atoms. The van der Waals surface area contributed by atoms with Crippen LogP contribution < -0.4 is 10.6 Å². The van der Waals surface area contributed by atoms with Gasteiger partial charge in [-0.3, -0.25) is 0 Å². The van der Waals surface area contributed by atoms with Crippen molar-refractivity contribution in [1.82, 2.24) is 10.6 Å². The molecule has 1 fully saturated rings. The van der Waals surface area contributed by atoms with Gasteiger partial charge in [0.25, 0.3) is 0 Å². The van der Waals surface area contributed by atoms with E-state index in [2.05, 4.69) is 10.6 Å². The first-order chi connectivity index (χ1) is 6.66. The fraction of sp³-hybridized carbons (Fsp3) is 0.222. The van der Waals surface area contributed by atoms with Gasteiger partial charge in [-0.2, -0.15) is 0 Å². The zero-order chi connectivity index (χ0) is 10.1. The first kappa shape index (κ1) is 8.80. The van der Waals surface area contributed by atoms with Gasteiger partial charge in [-0.25, -0.2) is 9.18 Å². The lowest BCUT2D eigenvalue weighted by atomic mass is 10.1. The van der Waals surface area contributed by atoms with E-state index in [9.17, 15) is 9.18 Å². The lowest BCUT2D eigenvalue weighted by molar-refractivity contribution is 0.247. The lowest BCUT2D eigenvalue weighted by Gasteiger charge is -2.08. The molecule has 3 N–H and O–H groups in total. The molecule has 0 aromatic heterocycles. The Bertz CT molecular complexity index is 381. The monoisotopic (exact) mass is 196 g/mol. The van der Waals surface area contributed by atoms with Crippen molar-refractivity contribution in [2.45, 2.75) is 6.04 Å². The van der Waals surface area contributed by atoms with Gasteiger partial charge in [0.1, 0.15) is 0 Å². The number of urea groups is 1. The van der Waals surface area contributed by atoms with Crippen molar-refractivity contribution in [3.8, 4) is 5.75 Å². The van der Waals surface area contributed by atoms with E-state index >= 15 is 0 Å². The molecule has 1 aromatic rings. The number of aromatic hydroxyl groups is 1. The van der Waals surface area contributed by atoms with Crippen LogP contribution in [0.3, 0.4) is 0 Å². The number of amides is 2. The van der Waals surface area contributed by atoms with Gasteiger partial charge < -0.3 is 15.7 Å². The van der Waals surface area contributed by atoms with Crippen molar-refractivity contribution in [1.29, 1.82) is 0 Å². The van der Waals surface area contributed by atoms with Gasteiger partial charge in [0.2, 0.25) is 0 Å². The molecule has 0 aliphatic carbocycles. The molecule has 0 unspecified atom stereocenters. The van der Waals surface area contributed by atoms with Crippen LogP contribution in [0, 0.1) is 5.82 Å². The highest BCUT2D eigenvalue weighted by Crippen LogP contribution is 2.21. The van der Waals surface area contributed by atoms with Gasteiger partial charge in [0, 0.05) is 6.54 Å². The highest BCUT2D eigenvalue weighted by Gasteiger charge is 2.22. The van der Waals surface area contributed by atoms with Crippen LogP contribution in [0.4, 0.5) is 9.18 Å². The van der Waals surface area contributed by atoms with Gasteiger partial charge in [0.05, 0.1) is 6.04 Å². The van der Waals surface area contributed by atoms with E-state index in [1.807, 2.05) is 0 Å². The summed E-state index contributed by atoms with van der Waals surface area (Å²) in [5, 5.41) is 14.1. The second kappa shape index (κ2) is 3.17. The van der Waals surface area contributed by atoms with Crippen molar-refractivity contribution in [3.63, 3.8) is 0 Å². The Morgan fingerprint density at radius 3 is 2.86 bits per heavy atom. The van der Waals surface area contributed by atoms with E-state index in [1.54, 1.807) is 6.07 Å². The molecule has 4 nitrogen and oxygen atoms in total. The Kier molecular flexibility index (Phi) is 1.99. The molecule has 1 aliphatic heterocycles. The molecule has 74 valence electrons. The van der Waals surface area contributed by atoms with Crippen molar-refractivity contribution in [2.75, 3.05) is 6.54 Å². The maximum Gasteiger partial charge on any atom is 0.315 e. The molecule has 0 bridgehead atoms. The summed E-state index contributed by atoms with van der Waals surface area (Å²) in [4.78, 5) is 10.8. The largest absolute Gasteiger partial charge is 0.505 e. The van der Waals surface area contributed by atoms with Crippen LogP contribution >= 0.6 is 0 Å². The van der Waals surface area contributed by atoms with Crippen LogP contribution in [0.5, 0.6) is 5.75 Å². The second-order valence-electron chi connectivity index (χ2n) is 3.12. The Hall–Kier alpha value is -1.78. The molecule has 1 aliphatic rings. The fourth-order valence-electron chi connectivity index (χ4n) is 1.40. The number of phenolic OH excluding ortho intramolecular Hbond substituents is 1. The van der Waals surface area contributed by atoms with Gasteiger partial charge >= 0.3 is 6.03 Å². The summed E-state index contributed by atoms with van der Waals surface area (Å²) in [5.41, 5.74) is 0.638. The minimum absolute atomic E-state index is 0.224. The Morgan fingerprint density at radius 2 is 2.29 bits per heavy atom. The fourth-order valence-corrected chi connectivity index (χ4v) is 1.40. The van der Waals surface area contributed by atoms with E-state index < -0.39 is 5.82 Å². The molecular weight excluding hydrogens is 187 g/mol. The topological polar surface area (TPSA) is 61.4 Å². The van der Waals surface area contributed by atoms with Crippen molar-refractivity contribution < 1.29 is 14.3 Å². The van der Waals surface area contributed by atoms with Crippen molar-refractivity contribution in [2.24, 2.45) is 0 Å². The highest BCUT2D eigenvalue weighted by molar-refractivity contribution is 5.76. The van der Waals surface area contributed by atoms with Gasteiger partial charge in [-0.1, -0.05) is 6.07 Å². The predicted molar refractivity (Wildman–Crippen MR) is 47.3 cm³/mol. The second-order valence-corrected chi connectivity index (χ2v) is 3.12. The molecular formula is C9H9FN2O2. The van der Waals surface area contributed by atoms with Crippen LogP contribution in [0.15, 0.2) is 18.2 Å². The highest BCUT2D eigenvalue weighted by atomic mass is 19.1. The van der Waals surface area contributed by atoms with E-state index in [0.29, 0.717) is 12.1 Å². The van der Waals surface area contributed by atoms with Crippen molar-refractivity contribution >= 4 is 6.03 Å². The number of hydrogen-bond donors (Lipinski definition) is 3. The SMILES string of the molecule is O=C1NC[C@@H](c2ccc(O)c(F)c2)N1. The minimum Gasteiger partial charge on any atom is -0.505 e. The first-order valence-electron chi connectivity index (χ1n) is 4.19. The minimum atomic E-state index is -0.677. The zero-order valence-electron chi connectivity index (χ0n) is 7.25. The maximum atomic E-state index is 12.9. The summed E-state index contributed by atoms with van der Waals surface area (Å²) >= 11 is 0. The Balaban J connectivity index is 2.24.